The first kappa shape index (κ1) is 15.3. The Hall–Kier alpha value is -2.12. The molecule has 0 atom stereocenters. The Kier molecular flexibility index (Phi) is 5.13. The van der Waals surface area contributed by atoms with Crippen molar-refractivity contribution >= 4 is 17.4 Å². The molecule has 0 aliphatic heterocycles. The summed E-state index contributed by atoms with van der Waals surface area (Å²) in [5, 5.41) is 19.6. The van der Waals surface area contributed by atoms with Crippen LogP contribution in [0.3, 0.4) is 0 Å². The minimum atomic E-state index is 0.0395. The van der Waals surface area contributed by atoms with Crippen molar-refractivity contribution in [1.29, 1.82) is 0 Å². The summed E-state index contributed by atoms with van der Waals surface area (Å²) in [6.45, 7) is 1.38. The molecule has 4 N–H and O–H groups in total. The van der Waals surface area contributed by atoms with E-state index in [-0.39, 0.29) is 5.84 Å². The molecule has 1 heterocycles. The molecule has 0 fully saturated rings. The molecule has 0 radical (unpaired) electrons. The number of nitrogens with zero attached hydrogens (tertiary/aromatic N) is 4. The number of rotatable bonds is 6. The molecule has 21 heavy (non-hydrogen) atoms. The molecule has 0 saturated carbocycles. The fraction of sp³-hybridized carbons (Fsp3) is 0.308. The number of benzene rings is 1. The maximum Gasteiger partial charge on any atom is 0.170 e. The van der Waals surface area contributed by atoms with Crippen LogP contribution in [0.2, 0.25) is 5.02 Å². The minimum absolute atomic E-state index is 0.0395. The third-order valence-corrected chi connectivity index (χ3v) is 3.30. The van der Waals surface area contributed by atoms with Crippen molar-refractivity contribution in [1.82, 2.24) is 20.1 Å². The lowest BCUT2D eigenvalue weighted by Gasteiger charge is -2.07. The lowest BCUT2D eigenvalue weighted by molar-refractivity contribution is 0.318. The van der Waals surface area contributed by atoms with Gasteiger partial charge in [0.05, 0.1) is 0 Å². The van der Waals surface area contributed by atoms with Crippen molar-refractivity contribution < 1.29 is 5.21 Å². The molecular formula is C13H17ClN6O. The normalized spacial score (nSPS) is 11.8. The Bertz CT molecular complexity index is 639. The number of hydrogen-bond donors (Lipinski definition) is 3. The SMILES string of the molecule is Cn1cnc(CCNCc2ccc(/C(N)=N/O)cc2Cl)n1. The summed E-state index contributed by atoms with van der Waals surface area (Å²) in [6, 6.07) is 5.29. The van der Waals surface area contributed by atoms with E-state index in [0.717, 1.165) is 24.4 Å². The molecular weight excluding hydrogens is 292 g/mol. The second-order valence-corrected chi connectivity index (χ2v) is 4.96. The third kappa shape index (κ3) is 4.17. The number of oxime groups is 1. The average molecular weight is 309 g/mol. The lowest BCUT2D eigenvalue weighted by atomic mass is 10.1. The van der Waals surface area contributed by atoms with Gasteiger partial charge in [-0.3, -0.25) is 4.68 Å². The number of nitrogens with one attached hydrogen (secondary N) is 1. The number of amidine groups is 1. The molecule has 0 amide bonds. The van der Waals surface area contributed by atoms with Gasteiger partial charge in [0.1, 0.15) is 6.33 Å². The van der Waals surface area contributed by atoms with Gasteiger partial charge < -0.3 is 16.3 Å². The zero-order valence-electron chi connectivity index (χ0n) is 11.6. The fourth-order valence-corrected chi connectivity index (χ4v) is 2.08. The molecule has 0 saturated heterocycles. The van der Waals surface area contributed by atoms with Crippen molar-refractivity contribution in [3.05, 3.63) is 46.5 Å². The van der Waals surface area contributed by atoms with Crippen LogP contribution in [0.4, 0.5) is 0 Å². The van der Waals surface area contributed by atoms with E-state index in [9.17, 15) is 0 Å². The zero-order chi connectivity index (χ0) is 15.2. The van der Waals surface area contributed by atoms with Gasteiger partial charge >= 0.3 is 0 Å². The minimum Gasteiger partial charge on any atom is -0.409 e. The van der Waals surface area contributed by atoms with Crippen LogP contribution in [-0.4, -0.2) is 32.4 Å². The van der Waals surface area contributed by atoms with Gasteiger partial charge in [0.25, 0.3) is 0 Å². The van der Waals surface area contributed by atoms with E-state index in [0.29, 0.717) is 17.1 Å². The lowest BCUT2D eigenvalue weighted by Crippen LogP contribution is -2.18. The highest BCUT2D eigenvalue weighted by Gasteiger charge is 2.05. The topological polar surface area (TPSA) is 101 Å². The Balaban J connectivity index is 1.86. The second-order valence-electron chi connectivity index (χ2n) is 4.55. The van der Waals surface area contributed by atoms with Crippen molar-refractivity contribution in [2.45, 2.75) is 13.0 Å². The number of hydrogen-bond acceptors (Lipinski definition) is 5. The van der Waals surface area contributed by atoms with Crippen LogP contribution >= 0.6 is 11.6 Å². The largest absolute Gasteiger partial charge is 0.409 e. The Morgan fingerprint density at radius 1 is 1.52 bits per heavy atom. The Morgan fingerprint density at radius 2 is 2.33 bits per heavy atom. The van der Waals surface area contributed by atoms with Gasteiger partial charge in [-0.05, 0) is 11.6 Å². The van der Waals surface area contributed by atoms with Crippen molar-refractivity contribution in [3.63, 3.8) is 0 Å². The molecule has 0 unspecified atom stereocenters. The molecule has 8 heteroatoms. The molecule has 0 aliphatic rings. The zero-order valence-corrected chi connectivity index (χ0v) is 12.4. The average Bonchev–Trinajstić information content (AvgIpc) is 2.89. The molecule has 2 aromatic rings. The molecule has 1 aromatic carbocycles. The summed E-state index contributed by atoms with van der Waals surface area (Å²) in [5.41, 5.74) is 7.04. The van der Waals surface area contributed by atoms with Gasteiger partial charge in [-0.15, -0.1) is 0 Å². The van der Waals surface area contributed by atoms with Gasteiger partial charge in [0.15, 0.2) is 11.7 Å². The first-order valence-electron chi connectivity index (χ1n) is 6.41. The van der Waals surface area contributed by atoms with Gasteiger partial charge in [0, 0.05) is 37.1 Å². The fourth-order valence-electron chi connectivity index (χ4n) is 1.83. The van der Waals surface area contributed by atoms with Gasteiger partial charge in [-0.2, -0.15) is 5.10 Å². The highest BCUT2D eigenvalue weighted by Crippen LogP contribution is 2.17. The monoisotopic (exact) mass is 308 g/mol. The number of halogens is 1. The third-order valence-electron chi connectivity index (χ3n) is 2.94. The Morgan fingerprint density at radius 3 is 2.95 bits per heavy atom. The summed E-state index contributed by atoms with van der Waals surface area (Å²) in [5.74, 6) is 0.844. The van der Waals surface area contributed by atoms with Crippen molar-refractivity contribution in [2.24, 2.45) is 17.9 Å². The van der Waals surface area contributed by atoms with Gasteiger partial charge in [0.2, 0.25) is 0 Å². The summed E-state index contributed by atoms with van der Waals surface area (Å²) >= 11 is 6.17. The van der Waals surface area contributed by atoms with E-state index >= 15 is 0 Å². The van der Waals surface area contributed by atoms with Crippen LogP contribution in [0.1, 0.15) is 17.0 Å². The molecule has 7 nitrogen and oxygen atoms in total. The predicted molar refractivity (Wildman–Crippen MR) is 80.4 cm³/mol. The van der Waals surface area contributed by atoms with Crippen LogP contribution in [-0.2, 0) is 20.0 Å². The standard InChI is InChI=1S/C13H17ClN6O/c1-20-8-17-12(18-20)4-5-16-7-10-3-2-9(6-11(10)14)13(15)19-21/h2-3,6,8,16,21H,4-5,7H2,1H3,(H2,15,19). The smallest absolute Gasteiger partial charge is 0.170 e. The molecule has 2 rings (SSSR count). The van der Waals surface area contributed by atoms with Gasteiger partial charge in [-0.1, -0.05) is 28.9 Å². The van der Waals surface area contributed by atoms with Crippen LogP contribution in [0.25, 0.3) is 0 Å². The highest BCUT2D eigenvalue weighted by molar-refractivity contribution is 6.31. The molecule has 1 aromatic heterocycles. The summed E-state index contributed by atoms with van der Waals surface area (Å²) in [4.78, 5) is 4.15. The van der Waals surface area contributed by atoms with E-state index in [4.69, 9.17) is 22.5 Å². The molecule has 0 aliphatic carbocycles. The van der Waals surface area contributed by atoms with Gasteiger partial charge in [-0.25, -0.2) is 4.98 Å². The van der Waals surface area contributed by atoms with E-state index in [1.54, 1.807) is 23.1 Å². The molecule has 0 spiro atoms. The maximum atomic E-state index is 8.63. The predicted octanol–water partition coefficient (Wildman–Crippen LogP) is 0.895. The van der Waals surface area contributed by atoms with Crippen LogP contribution < -0.4 is 11.1 Å². The van der Waals surface area contributed by atoms with E-state index in [1.165, 1.54) is 0 Å². The summed E-state index contributed by atoms with van der Waals surface area (Å²) in [7, 11) is 1.84. The Labute approximate surface area is 127 Å². The highest BCUT2D eigenvalue weighted by atomic mass is 35.5. The second kappa shape index (κ2) is 7.05. The maximum absolute atomic E-state index is 8.63. The quantitative estimate of drug-likeness (QED) is 0.242. The molecule has 112 valence electrons. The number of aromatic nitrogens is 3. The first-order valence-corrected chi connectivity index (χ1v) is 6.79. The summed E-state index contributed by atoms with van der Waals surface area (Å²) < 4.78 is 1.68. The van der Waals surface area contributed by atoms with Crippen molar-refractivity contribution in [2.75, 3.05) is 6.54 Å². The number of nitrogens with two attached hydrogens (primary N) is 1. The number of aryl methyl sites for hydroxylation is 1. The van der Waals surface area contributed by atoms with Crippen LogP contribution in [0.5, 0.6) is 0 Å². The van der Waals surface area contributed by atoms with Crippen molar-refractivity contribution in [3.8, 4) is 0 Å². The van der Waals surface area contributed by atoms with Crippen LogP contribution in [0, 0.1) is 0 Å². The van der Waals surface area contributed by atoms with E-state index in [1.807, 2.05) is 13.1 Å². The van der Waals surface area contributed by atoms with Crippen LogP contribution in [0.15, 0.2) is 29.7 Å². The first-order chi connectivity index (χ1) is 10.1. The molecule has 0 bridgehead atoms. The van der Waals surface area contributed by atoms with E-state index in [2.05, 4.69) is 20.6 Å². The van der Waals surface area contributed by atoms with E-state index < -0.39 is 0 Å². The summed E-state index contributed by atoms with van der Waals surface area (Å²) in [6.07, 6.45) is 2.43.